The molecule has 0 saturated carbocycles. The summed E-state index contributed by atoms with van der Waals surface area (Å²) in [6, 6.07) is 9.44. The fraction of sp³-hybridized carbons (Fsp3) is 0.300. The number of hydrogen-bond donors (Lipinski definition) is 1. The van der Waals surface area contributed by atoms with Gasteiger partial charge in [0.15, 0.2) is 23.0 Å². The van der Waals surface area contributed by atoms with Crippen LogP contribution in [0.2, 0.25) is 0 Å². The number of allylic oxidation sites excluding steroid dienone is 1. The van der Waals surface area contributed by atoms with Gasteiger partial charge in [0.1, 0.15) is 6.10 Å². The van der Waals surface area contributed by atoms with Crippen molar-refractivity contribution in [1.82, 2.24) is 0 Å². The van der Waals surface area contributed by atoms with E-state index in [4.69, 9.17) is 14.2 Å². The second-order valence-electron chi connectivity index (χ2n) is 5.90. The summed E-state index contributed by atoms with van der Waals surface area (Å²) in [4.78, 5) is 0. The van der Waals surface area contributed by atoms with Crippen LogP contribution in [-0.2, 0) is 0 Å². The van der Waals surface area contributed by atoms with Crippen molar-refractivity contribution in [2.45, 2.75) is 25.9 Å². The van der Waals surface area contributed by atoms with Crippen molar-refractivity contribution in [2.24, 2.45) is 0 Å². The van der Waals surface area contributed by atoms with Crippen molar-refractivity contribution in [1.29, 1.82) is 0 Å². The minimum Gasteiger partial charge on any atom is -0.504 e. The Balaban J connectivity index is 2.03. The second-order valence-corrected chi connectivity index (χ2v) is 5.90. The number of phenolic OH excluding ortho intramolecular Hbond substituents is 1. The summed E-state index contributed by atoms with van der Waals surface area (Å²) in [5.74, 6) is 2.25. The highest BCUT2D eigenvalue weighted by Gasteiger charge is 2.35. The van der Waals surface area contributed by atoms with E-state index in [0.29, 0.717) is 5.75 Å². The van der Waals surface area contributed by atoms with Crippen molar-refractivity contribution >= 4 is 6.08 Å². The lowest BCUT2D eigenvalue weighted by molar-refractivity contribution is 0.207. The van der Waals surface area contributed by atoms with Gasteiger partial charge in [0.2, 0.25) is 0 Å². The number of methoxy groups -OCH3 is 2. The lowest BCUT2D eigenvalue weighted by atomic mass is 9.91. The molecule has 1 heterocycles. The molecule has 1 N–H and O–H groups in total. The second kappa shape index (κ2) is 6.48. The lowest BCUT2D eigenvalue weighted by Crippen LogP contribution is -2.07. The fourth-order valence-electron chi connectivity index (χ4n) is 3.17. The van der Waals surface area contributed by atoms with E-state index >= 15 is 0 Å². The number of benzene rings is 2. The number of fused-ring (bicyclic) bond motifs is 1. The minimum absolute atomic E-state index is 0.123. The van der Waals surface area contributed by atoms with Gasteiger partial charge < -0.3 is 19.3 Å². The predicted molar refractivity (Wildman–Crippen MR) is 94.1 cm³/mol. The van der Waals surface area contributed by atoms with E-state index in [2.05, 4.69) is 13.0 Å². The van der Waals surface area contributed by atoms with E-state index in [1.165, 1.54) is 0 Å². The molecule has 24 heavy (non-hydrogen) atoms. The standard InChI is InChI=1S/C20H22O4/c1-5-6-13-9-15-12(2)19(24-20(15)18(10-13)23-4)14-7-8-16(21)17(11-14)22-3/h5-12,19,21H,1-4H3/b6-5+/t12?,19-/m0/s1. The molecular formula is C20H22O4. The Morgan fingerprint density at radius 1 is 1.08 bits per heavy atom. The Kier molecular flexibility index (Phi) is 4.38. The first-order valence-corrected chi connectivity index (χ1v) is 7.97. The maximum Gasteiger partial charge on any atom is 0.165 e. The molecule has 0 spiro atoms. The van der Waals surface area contributed by atoms with Crippen LogP contribution < -0.4 is 14.2 Å². The van der Waals surface area contributed by atoms with Gasteiger partial charge in [-0.05, 0) is 42.3 Å². The smallest absolute Gasteiger partial charge is 0.165 e. The molecule has 0 aliphatic carbocycles. The van der Waals surface area contributed by atoms with Crippen LogP contribution in [0.15, 0.2) is 36.4 Å². The van der Waals surface area contributed by atoms with Gasteiger partial charge in [0.25, 0.3) is 0 Å². The van der Waals surface area contributed by atoms with Crippen molar-refractivity contribution < 1.29 is 19.3 Å². The van der Waals surface area contributed by atoms with E-state index in [1.54, 1.807) is 20.3 Å². The Labute approximate surface area is 142 Å². The zero-order chi connectivity index (χ0) is 17.3. The largest absolute Gasteiger partial charge is 0.504 e. The molecule has 1 aliphatic rings. The Morgan fingerprint density at radius 2 is 1.83 bits per heavy atom. The summed E-state index contributed by atoms with van der Waals surface area (Å²) < 4.78 is 16.9. The maximum absolute atomic E-state index is 9.80. The highest BCUT2D eigenvalue weighted by atomic mass is 16.5. The van der Waals surface area contributed by atoms with Gasteiger partial charge in [-0.15, -0.1) is 0 Å². The van der Waals surface area contributed by atoms with E-state index in [-0.39, 0.29) is 17.8 Å². The summed E-state index contributed by atoms with van der Waals surface area (Å²) in [7, 11) is 3.19. The summed E-state index contributed by atoms with van der Waals surface area (Å²) in [5, 5.41) is 9.80. The van der Waals surface area contributed by atoms with Crippen LogP contribution in [0.4, 0.5) is 0 Å². The molecule has 0 bridgehead atoms. The topological polar surface area (TPSA) is 47.9 Å². The average molecular weight is 326 g/mol. The SMILES string of the molecule is C/C=C/c1cc(OC)c2c(c1)C(C)[C@@H](c1ccc(O)c(OC)c1)O2. The predicted octanol–water partition coefficient (Wildman–Crippen LogP) is 4.68. The third-order valence-corrected chi connectivity index (χ3v) is 4.41. The van der Waals surface area contributed by atoms with E-state index in [9.17, 15) is 5.11 Å². The van der Waals surface area contributed by atoms with Gasteiger partial charge in [0.05, 0.1) is 14.2 Å². The third-order valence-electron chi connectivity index (χ3n) is 4.41. The molecule has 4 nitrogen and oxygen atoms in total. The maximum atomic E-state index is 9.80. The van der Waals surface area contributed by atoms with E-state index in [1.807, 2.05) is 37.3 Å². The summed E-state index contributed by atoms with van der Waals surface area (Å²) in [6.07, 6.45) is 3.90. The van der Waals surface area contributed by atoms with E-state index < -0.39 is 0 Å². The first-order chi connectivity index (χ1) is 11.6. The minimum atomic E-state index is -0.149. The van der Waals surface area contributed by atoms with Gasteiger partial charge >= 0.3 is 0 Å². The summed E-state index contributed by atoms with van der Waals surface area (Å²) in [5.41, 5.74) is 3.18. The fourth-order valence-corrected chi connectivity index (χ4v) is 3.17. The van der Waals surface area contributed by atoms with Crippen LogP contribution in [0.5, 0.6) is 23.0 Å². The molecule has 126 valence electrons. The van der Waals surface area contributed by atoms with Crippen LogP contribution in [0.25, 0.3) is 6.08 Å². The first kappa shape index (κ1) is 16.2. The van der Waals surface area contributed by atoms with Gasteiger partial charge in [-0.3, -0.25) is 0 Å². The molecule has 3 rings (SSSR count). The van der Waals surface area contributed by atoms with Crippen molar-refractivity contribution in [3.8, 4) is 23.0 Å². The molecule has 0 fully saturated rings. The van der Waals surface area contributed by atoms with Crippen LogP contribution in [0.3, 0.4) is 0 Å². The van der Waals surface area contributed by atoms with Gasteiger partial charge in [0, 0.05) is 11.5 Å². The Hall–Kier alpha value is -2.62. The molecule has 0 saturated heterocycles. The zero-order valence-corrected chi connectivity index (χ0v) is 14.4. The lowest BCUT2D eigenvalue weighted by Gasteiger charge is -2.17. The number of rotatable bonds is 4. The number of phenols is 1. The van der Waals surface area contributed by atoms with E-state index in [0.717, 1.165) is 28.2 Å². The molecule has 0 amide bonds. The molecule has 1 aliphatic heterocycles. The van der Waals surface area contributed by atoms with Gasteiger partial charge in [-0.25, -0.2) is 0 Å². The quantitative estimate of drug-likeness (QED) is 0.886. The van der Waals surface area contributed by atoms with Gasteiger partial charge in [-0.2, -0.15) is 0 Å². The average Bonchev–Trinajstić information content (AvgIpc) is 2.92. The molecule has 2 aromatic rings. The molecule has 2 atom stereocenters. The monoisotopic (exact) mass is 326 g/mol. The zero-order valence-electron chi connectivity index (χ0n) is 14.4. The Bertz CT molecular complexity index is 779. The van der Waals surface area contributed by atoms with Crippen molar-refractivity contribution in [2.75, 3.05) is 14.2 Å². The third kappa shape index (κ3) is 2.68. The molecule has 4 heteroatoms. The highest BCUT2D eigenvalue weighted by Crippen LogP contribution is 2.51. The first-order valence-electron chi connectivity index (χ1n) is 7.97. The molecule has 0 radical (unpaired) electrons. The molecule has 0 aromatic heterocycles. The number of aromatic hydroxyl groups is 1. The molecular weight excluding hydrogens is 304 g/mol. The van der Waals surface area contributed by atoms with Crippen LogP contribution >= 0.6 is 0 Å². The summed E-state index contributed by atoms with van der Waals surface area (Å²) >= 11 is 0. The molecule has 1 unspecified atom stereocenters. The van der Waals surface area contributed by atoms with Crippen LogP contribution in [0, 0.1) is 0 Å². The highest BCUT2D eigenvalue weighted by molar-refractivity contribution is 5.62. The van der Waals surface area contributed by atoms with Crippen LogP contribution in [-0.4, -0.2) is 19.3 Å². The van der Waals surface area contributed by atoms with Crippen LogP contribution in [0.1, 0.15) is 42.6 Å². The Morgan fingerprint density at radius 3 is 2.50 bits per heavy atom. The summed E-state index contributed by atoms with van der Waals surface area (Å²) in [6.45, 7) is 4.12. The number of hydrogen-bond acceptors (Lipinski definition) is 4. The molecule has 2 aromatic carbocycles. The van der Waals surface area contributed by atoms with Crippen molar-refractivity contribution in [3.05, 3.63) is 53.1 Å². The normalized spacial score (nSPS) is 19.2. The van der Waals surface area contributed by atoms with Gasteiger partial charge in [-0.1, -0.05) is 25.1 Å². The number of ether oxygens (including phenoxy) is 3. The van der Waals surface area contributed by atoms with Crippen molar-refractivity contribution in [3.63, 3.8) is 0 Å².